The predicted octanol–water partition coefficient (Wildman–Crippen LogP) is 0.762. The molecule has 1 atom stereocenters. The second-order valence-electron chi connectivity index (χ2n) is 3.77. The second kappa shape index (κ2) is 7.60. The highest BCUT2D eigenvalue weighted by molar-refractivity contribution is 6.04. The Morgan fingerprint density at radius 1 is 1.37 bits per heavy atom. The van der Waals surface area contributed by atoms with Crippen molar-refractivity contribution in [3.63, 3.8) is 0 Å². The average molecular weight is 288 g/mol. The highest BCUT2D eigenvalue weighted by Crippen LogP contribution is 2.22. The number of amides is 2. The van der Waals surface area contributed by atoms with Gasteiger partial charge in [-0.25, -0.2) is 0 Å². The molecular formula is C12H18ClN3O3. The highest BCUT2D eigenvalue weighted by atomic mass is 35.5. The van der Waals surface area contributed by atoms with Crippen LogP contribution in [-0.2, 0) is 4.79 Å². The van der Waals surface area contributed by atoms with Crippen LogP contribution < -0.4 is 21.1 Å². The number of anilines is 1. The summed E-state index contributed by atoms with van der Waals surface area (Å²) in [5.41, 5.74) is 6.19. The van der Waals surface area contributed by atoms with E-state index >= 15 is 0 Å². The Morgan fingerprint density at radius 2 is 2.00 bits per heavy atom. The van der Waals surface area contributed by atoms with Gasteiger partial charge in [0.2, 0.25) is 5.91 Å². The van der Waals surface area contributed by atoms with Crippen molar-refractivity contribution in [2.45, 2.75) is 13.0 Å². The zero-order valence-corrected chi connectivity index (χ0v) is 11.8. The molecule has 0 radical (unpaired) electrons. The molecule has 1 aromatic carbocycles. The van der Waals surface area contributed by atoms with Crippen LogP contribution >= 0.6 is 12.4 Å². The predicted molar refractivity (Wildman–Crippen MR) is 75.9 cm³/mol. The van der Waals surface area contributed by atoms with Crippen LogP contribution in [0.3, 0.4) is 0 Å². The van der Waals surface area contributed by atoms with Crippen molar-refractivity contribution in [2.24, 2.45) is 5.73 Å². The lowest BCUT2D eigenvalue weighted by molar-refractivity contribution is -0.117. The number of carbonyl (C=O) groups excluding carboxylic acids is 2. The van der Waals surface area contributed by atoms with Crippen molar-refractivity contribution in [1.82, 2.24) is 5.32 Å². The van der Waals surface area contributed by atoms with E-state index in [2.05, 4.69) is 10.6 Å². The van der Waals surface area contributed by atoms with E-state index in [1.54, 1.807) is 25.1 Å². The van der Waals surface area contributed by atoms with Gasteiger partial charge < -0.3 is 21.1 Å². The zero-order chi connectivity index (χ0) is 13.7. The Morgan fingerprint density at radius 3 is 2.47 bits per heavy atom. The fourth-order valence-corrected chi connectivity index (χ4v) is 1.33. The molecule has 0 aliphatic carbocycles. The van der Waals surface area contributed by atoms with Crippen LogP contribution in [0.4, 0.5) is 5.69 Å². The van der Waals surface area contributed by atoms with Crippen LogP contribution in [0, 0.1) is 0 Å². The van der Waals surface area contributed by atoms with Crippen LogP contribution in [0.15, 0.2) is 18.2 Å². The first-order valence-corrected chi connectivity index (χ1v) is 5.46. The molecule has 0 aliphatic heterocycles. The van der Waals surface area contributed by atoms with Gasteiger partial charge in [-0.2, -0.15) is 0 Å². The van der Waals surface area contributed by atoms with E-state index in [1.807, 2.05) is 0 Å². The lowest BCUT2D eigenvalue weighted by atomic mass is 10.1. The second-order valence-corrected chi connectivity index (χ2v) is 3.77. The summed E-state index contributed by atoms with van der Waals surface area (Å²) in [6, 6.07) is 4.16. The molecule has 7 heteroatoms. The van der Waals surface area contributed by atoms with E-state index in [1.165, 1.54) is 14.2 Å². The van der Waals surface area contributed by atoms with Crippen molar-refractivity contribution >= 4 is 29.9 Å². The summed E-state index contributed by atoms with van der Waals surface area (Å²) in [5.74, 6) is -0.133. The largest absolute Gasteiger partial charge is 0.497 e. The number of ether oxygens (including phenoxy) is 1. The molecule has 0 saturated carbocycles. The van der Waals surface area contributed by atoms with Crippen molar-refractivity contribution in [3.8, 4) is 5.75 Å². The minimum Gasteiger partial charge on any atom is -0.497 e. The van der Waals surface area contributed by atoms with Gasteiger partial charge in [0, 0.05) is 7.05 Å². The number of methoxy groups -OCH3 is 1. The molecule has 0 unspecified atom stereocenters. The first-order chi connectivity index (χ1) is 8.49. The van der Waals surface area contributed by atoms with Gasteiger partial charge in [0.1, 0.15) is 5.75 Å². The Kier molecular flexibility index (Phi) is 6.89. The number of nitrogens with two attached hydrogens (primary N) is 1. The molecule has 106 valence electrons. The van der Waals surface area contributed by atoms with Crippen LogP contribution in [0.5, 0.6) is 5.75 Å². The summed E-state index contributed by atoms with van der Waals surface area (Å²) >= 11 is 0. The maximum Gasteiger partial charge on any atom is 0.253 e. The van der Waals surface area contributed by atoms with E-state index in [-0.39, 0.29) is 24.2 Å². The minimum absolute atomic E-state index is 0. The lowest BCUT2D eigenvalue weighted by Gasteiger charge is -2.13. The standard InChI is InChI=1S/C12H17N3O3.ClH/c1-7(13)11(16)15-10-5-4-8(18-3)6-9(10)12(17)14-2;/h4-7H,13H2,1-3H3,(H,14,17)(H,15,16);1H/t7-;/m0./s1. The van der Waals surface area contributed by atoms with Crippen molar-refractivity contribution in [1.29, 1.82) is 0 Å². The molecule has 0 saturated heterocycles. The van der Waals surface area contributed by atoms with Gasteiger partial charge in [0.15, 0.2) is 0 Å². The van der Waals surface area contributed by atoms with Gasteiger partial charge in [0.05, 0.1) is 24.4 Å². The summed E-state index contributed by atoms with van der Waals surface area (Å²) in [7, 11) is 3.02. The molecule has 4 N–H and O–H groups in total. The Hall–Kier alpha value is -1.79. The topological polar surface area (TPSA) is 93.5 Å². The molecule has 19 heavy (non-hydrogen) atoms. The third-order valence-corrected chi connectivity index (χ3v) is 2.37. The van der Waals surface area contributed by atoms with Crippen molar-refractivity contribution < 1.29 is 14.3 Å². The van der Waals surface area contributed by atoms with E-state index < -0.39 is 6.04 Å². The summed E-state index contributed by atoms with van der Waals surface area (Å²) in [5, 5.41) is 5.09. The lowest BCUT2D eigenvalue weighted by Crippen LogP contribution is -2.33. The van der Waals surface area contributed by atoms with Gasteiger partial charge in [-0.05, 0) is 25.1 Å². The molecule has 0 aromatic heterocycles. The third kappa shape index (κ3) is 4.42. The van der Waals surface area contributed by atoms with Crippen LogP contribution in [0.1, 0.15) is 17.3 Å². The Bertz CT molecular complexity index is 464. The third-order valence-electron chi connectivity index (χ3n) is 2.37. The van der Waals surface area contributed by atoms with E-state index in [4.69, 9.17) is 10.5 Å². The number of nitrogens with one attached hydrogen (secondary N) is 2. The smallest absolute Gasteiger partial charge is 0.253 e. The van der Waals surface area contributed by atoms with Crippen molar-refractivity contribution in [2.75, 3.05) is 19.5 Å². The molecule has 0 bridgehead atoms. The van der Waals surface area contributed by atoms with E-state index in [0.717, 1.165) is 0 Å². The highest BCUT2D eigenvalue weighted by Gasteiger charge is 2.15. The fraction of sp³-hybridized carbons (Fsp3) is 0.333. The Labute approximate surface area is 118 Å². The molecule has 6 nitrogen and oxygen atoms in total. The van der Waals surface area contributed by atoms with Gasteiger partial charge in [-0.1, -0.05) is 0 Å². The molecule has 0 fully saturated rings. The van der Waals surface area contributed by atoms with Gasteiger partial charge in [0.25, 0.3) is 5.91 Å². The van der Waals surface area contributed by atoms with Gasteiger partial charge in [-0.3, -0.25) is 9.59 Å². The minimum atomic E-state index is -0.648. The summed E-state index contributed by atoms with van der Waals surface area (Å²) < 4.78 is 5.04. The zero-order valence-electron chi connectivity index (χ0n) is 11.0. The molecule has 0 heterocycles. The number of carbonyl (C=O) groups is 2. The van der Waals surface area contributed by atoms with Gasteiger partial charge in [-0.15, -0.1) is 12.4 Å². The van der Waals surface area contributed by atoms with Gasteiger partial charge >= 0.3 is 0 Å². The fourth-order valence-electron chi connectivity index (χ4n) is 1.33. The number of benzene rings is 1. The first kappa shape index (κ1) is 17.2. The van der Waals surface area contributed by atoms with Crippen LogP contribution in [-0.4, -0.2) is 32.0 Å². The monoisotopic (exact) mass is 287 g/mol. The maximum absolute atomic E-state index is 11.7. The number of hydrogen-bond acceptors (Lipinski definition) is 4. The van der Waals surface area contributed by atoms with Crippen LogP contribution in [0.2, 0.25) is 0 Å². The number of halogens is 1. The summed E-state index contributed by atoms with van der Waals surface area (Å²) in [6.07, 6.45) is 0. The number of hydrogen-bond donors (Lipinski definition) is 3. The molecule has 1 aromatic rings. The SMILES string of the molecule is CNC(=O)c1cc(OC)ccc1NC(=O)[C@H](C)N.Cl. The molecule has 0 spiro atoms. The van der Waals surface area contributed by atoms with Crippen molar-refractivity contribution in [3.05, 3.63) is 23.8 Å². The van der Waals surface area contributed by atoms with E-state index in [0.29, 0.717) is 17.0 Å². The van der Waals surface area contributed by atoms with E-state index in [9.17, 15) is 9.59 Å². The molecule has 0 aliphatic rings. The summed E-state index contributed by atoms with van der Waals surface area (Å²) in [6.45, 7) is 1.57. The number of rotatable bonds is 4. The average Bonchev–Trinajstić information content (AvgIpc) is 2.38. The molecular weight excluding hydrogens is 270 g/mol. The quantitative estimate of drug-likeness (QED) is 0.762. The van der Waals surface area contributed by atoms with Crippen LogP contribution in [0.25, 0.3) is 0 Å². The Balaban J connectivity index is 0.00000324. The summed E-state index contributed by atoms with van der Waals surface area (Å²) in [4.78, 5) is 23.2. The first-order valence-electron chi connectivity index (χ1n) is 5.46. The maximum atomic E-state index is 11.7. The normalized spacial score (nSPS) is 10.9. The molecule has 1 rings (SSSR count). The molecule has 2 amide bonds.